The van der Waals surface area contributed by atoms with Crippen molar-refractivity contribution in [2.45, 2.75) is 37.9 Å². The molecular formula is C19H25N3O3S. The second-order valence-corrected chi connectivity index (χ2v) is 8.34. The van der Waals surface area contributed by atoms with Crippen LogP contribution < -0.4 is 11.1 Å². The highest BCUT2D eigenvalue weighted by Gasteiger charge is 2.22. The zero-order chi connectivity index (χ0) is 19.3. The highest BCUT2D eigenvalue weighted by molar-refractivity contribution is 7.89. The van der Waals surface area contributed by atoms with Gasteiger partial charge in [-0.05, 0) is 49.2 Å². The summed E-state index contributed by atoms with van der Waals surface area (Å²) in [4.78, 5) is 12.4. The number of hydrogen-bond donors (Lipinski definition) is 2. The van der Waals surface area contributed by atoms with Gasteiger partial charge in [0.2, 0.25) is 10.0 Å². The van der Waals surface area contributed by atoms with Crippen LogP contribution >= 0.6 is 0 Å². The summed E-state index contributed by atoms with van der Waals surface area (Å²) >= 11 is 0. The predicted octanol–water partition coefficient (Wildman–Crippen LogP) is 2.10. The van der Waals surface area contributed by atoms with Gasteiger partial charge in [0.1, 0.15) is 0 Å². The molecule has 0 heterocycles. The Labute approximate surface area is 155 Å². The maximum atomic E-state index is 12.4. The molecular weight excluding hydrogens is 350 g/mol. The normalized spacial score (nSPS) is 11.8. The summed E-state index contributed by atoms with van der Waals surface area (Å²) in [6.45, 7) is 4.39. The molecule has 0 bridgehead atoms. The predicted molar refractivity (Wildman–Crippen MR) is 102 cm³/mol. The number of hydrogen-bond acceptors (Lipinski definition) is 4. The van der Waals surface area contributed by atoms with E-state index in [1.54, 1.807) is 43.4 Å². The van der Waals surface area contributed by atoms with E-state index in [1.165, 1.54) is 4.31 Å². The van der Waals surface area contributed by atoms with Crippen LogP contribution in [-0.2, 0) is 23.1 Å². The van der Waals surface area contributed by atoms with E-state index in [1.807, 2.05) is 26.0 Å². The maximum absolute atomic E-state index is 12.4. The van der Waals surface area contributed by atoms with Crippen LogP contribution in [0.4, 0.5) is 0 Å². The molecule has 0 aliphatic carbocycles. The van der Waals surface area contributed by atoms with Crippen molar-refractivity contribution >= 4 is 15.9 Å². The first-order chi connectivity index (χ1) is 12.3. The third-order valence-corrected chi connectivity index (χ3v) is 6.28. The molecule has 1 amide bonds. The fourth-order valence-electron chi connectivity index (χ4n) is 2.30. The van der Waals surface area contributed by atoms with Crippen LogP contribution in [-0.4, -0.2) is 31.7 Å². The number of nitrogens with two attached hydrogens (primary N) is 1. The second-order valence-electron chi connectivity index (χ2n) is 6.34. The van der Waals surface area contributed by atoms with Crippen LogP contribution in [0, 0.1) is 0 Å². The Bertz CT molecular complexity index is 845. The minimum atomic E-state index is -3.50. The molecule has 2 aromatic carbocycles. The Balaban J connectivity index is 2.02. The van der Waals surface area contributed by atoms with Crippen LogP contribution in [0.1, 0.15) is 35.3 Å². The third kappa shape index (κ3) is 4.69. The summed E-state index contributed by atoms with van der Waals surface area (Å²) < 4.78 is 26.2. The number of carbonyl (C=O) groups excluding carboxylic acids is 1. The Kier molecular flexibility index (Phi) is 6.52. The van der Waals surface area contributed by atoms with Gasteiger partial charge < -0.3 is 11.1 Å². The molecule has 0 saturated carbocycles. The summed E-state index contributed by atoms with van der Waals surface area (Å²) in [6, 6.07) is 13.5. The summed E-state index contributed by atoms with van der Waals surface area (Å²) in [7, 11) is -1.94. The first-order valence-corrected chi connectivity index (χ1v) is 9.84. The van der Waals surface area contributed by atoms with Crippen LogP contribution in [0.15, 0.2) is 53.4 Å². The molecule has 2 rings (SSSR count). The number of rotatable bonds is 7. The molecule has 6 nitrogen and oxygen atoms in total. The van der Waals surface area contributed by atoms with Gasteiger partial charge in [-0.15, -0.1) is 0 Å². The minimum Gasteiger partial charge on any atom is -0.348 e. The van der Waals surface area contributed by atoms with Crippen molar-refractivity contribution in [2.24, 2.45) is 5.73 Å². The average molecular weight is 375 g/mol. The largest absolute Gasteiger partial charge is 0.348 e. The molecule has 0 radical (unpaired) electrons. The highest BCUT2D eigenvalue weighted by Crippen LogP contribution is 2.17. The van der Waals surface area contributed by atoms with E-state index in [-0.39, 0.29) is 16.8 Å². The van der Waals surface area contributed by atoms with Crippen molar-refractivity contribution in [1.82, 2.24) is 9.62 Å². The third-order valence-electron chi connectivity index (χ3n) is 4.23. The molecule has 0 unspecified atom stereocenters. The van der Waals surface area contributed by atoms with E-state index < -0.39 is 10.0 Å². The van der Waals surface area contributed by atoms with Crippen LogP contribution in [0.2, 0.25) is 0 Å². The quantitative estimate of drug-likeness (QED) is 0.775. The van der Waals surface area contributed by atoms with Gasteiger partial charge in [-0.25, -0.2) is 8.42 Å². The topological polar surface area (TPSA) is 92.5 Å². The standard InChI is InChI=1S/C19H25N3O3S/c1-14(2)22(3)26(24,25)18-10-6-16(7-11-18)13-21-19(23)17-8-4-15(12-20)5-9-17/h4-11,14H,12-13,20H2,1-3H3,(H,21,23). The molecule has 0 saturated heterocycles. The first-order valence-electron chi connectivity index (χ1n) is 8.40. The van der Waals surface area contributed by atoms with E-state index in [0.717, 1.165) is 11.1 Å². The summed E-state index contributed by atoms with van der Waals surface area (Å²) in [5.41, 5.74) is 7.88. The SMILES string of the molecule is CC(C)N(C)S(=O)(=O)c1ccc(CNC(=O)c2ccc(CN)cc2)cc1. The van der Waals surface area contributed by atoms with Crippen molar-refractivity contribution in [2.75, 3.05) is 7.05 Å². The van der Waals surface area contributed by atoms with E-state index in [9.17, 15) is 13.2 Å². The molecule has 0 fully saturated rings. The summed E-state index contributed by atoms with van der Waals surface area (Å²) in [5.74, 6) is -0.190. The lowest BCUT2D eigenvalue weighted by atomic mass is 10.1. The molecule has 2 aromatic rings. The van der Waals surface area contributed by atoms with Gasteiger partial charge in [0.25, 0.3) is 5.91 Å². The zero-order valence-electron chi connectivity index (χ0n) is 15.3. The Hall–Kier alpha value is -2.22. The minimum absolute atomic E-state index is 0.121. The average Bonchev–Trinajstić information content (AvgIpc) is 2.65. The Morgan fingerprint density at radius 2 is 1.58 bits per heavy atom. The van der Waals surface area contributed by atoms with E-state index >= 15 is 0 Å². The molecule has 3 N–H and O–H groups in total. The van der Waals surface area contributed by atoms with Crippen LogP contribution in [0.5, 0.6) is 0 Å². The lowest BCUT2D eigenvalue weighted by Crippen LogP contribution is -2.33. The number of nitrogens with one attached hydrogen (secondary N) is 1. The number of carbonyl (C=O) groups is 1. The number of sulfonamides is 1. The van der Waals surface area contributed by atoms with Gasteiger partial charge >= 0.3 is 0 Å². The second kappa shape index (κ2) is 8.44. The number of benzene rings is 2. The Morgan fingerprint density at radius 1 is 1.04 bits per heavy atom. The molecule has 7 heteroatoms. The van der Waals surface area contributed by atoms with E-state index in [0.29, 0.717) is 18.7 Å². The van der Waals surface area contributed by atoms with Crippen molar-refractivity contribution in [3.63, 3.8) is 0 Å². The Morgan fingerprint density at radius 3 is 2.08 bits per heavy atom. The number of amides is 1. The molecule has 0 spiro atoms. The molecule has 140 valence electrons. The molecule has 26 heavy (non-hydrogen) atoms. The van der Waals surface area contributed by atoms with Crippen molar-refractivity contribution in [1.29, 1.82) is 0 Å². The fourth-order valence-corrected chi connectivity index (χ4v) is 3.67. The maximum Gasteiger partial charge on any atom is 0.251 e. The van der Waals surface area contributed by atoms with Gasteiger partial charge in [-0.1, -0.05) is 24.3 Å². The molecule has 0 aliphatic rings. The lowest BCUT2D eigenvalue weighted by molar-refractivity contribution is 0.0951. The monoisotopic (exact) mass is 375 g/mol. The summed E-state index contributed by atoms with van der Waals surface area (Å²) in [5, 5.41) is 2.82. The van der Waals surface area contributed by atoms with E-state index in [2.05, 4.69) is 5.32 Å². The summed E-state index contributed by atoms with van der Waals surface area (Å²) in [6.07, 6.45) is 0. The van der Waals surface area contributed by atoms with Gasteiger partial charge in [-0.3, -0.25) is 4.79 Å². The van der Waals surface area contributed by atoms with Gasteiger partial charge in [0, 0.05) is 31.7 Å². The zero-order valence-corrected chi connectivity index (χ0v) is 16.1. The molecule has 0 aliphatic heterocycles. The van der Waals surface area contributed by atoms with Gasteiger partial charge in [0.15, 0.2) is 0 Å². The van der Waals surface area contributed by atoms with Crippen LogP contribution in [0.25, 0.3) is 0 Å². The van der Waals surface area contributed by atoms with Gasteiger partial charge in [-0.2, -0.15) is 4.31 Å². The van der Waals surface area contributed by atoms with E-state index in [4.69, 9.17) is 5.73 Å². The number of nitrogens with zero attached hydrogens (tertiary/aromatic N) is 1. The molecule has 0 aromatic heterocycles. The van der Waals surface area contributed by atoms with Crippen molar-refractivity contribution in [3.8, 4) is 0 Å². The molecule has 0 atom stereocenters. The first kappa shape index (κ1) is 20.1. The fraction of sp³-hybridized carbons (Fsp3) is 0.316. The van der Waals surface area contributed by atoms with Crippen LogP contribution in [0.3, 0.4) is 0 Å². The van der Waals surface area contributed by atoms with Gasteiger partial charge in [0.05, 0.1) is 4.90 Å². The van der Waals surface area contributed by atoms with Crippen molar-refractivity contribution in [3.05, 3.63) is 65.2 Å². The smallest absolute Gasteiger partial charge is 0.251 e. The van der Waals surface area contributed by atoms with Crippen molar-refractivity contribution < 1.29 is 13.2 Å². The lowest BCUT2D eigenvalue weighted by Gasteiger charge is -2.21. The highest BCUT2D eigenvalue weighted by atomic mass is 32.2.